The van der Waals surface area contributed by atoms with Crippen molar-refractivity contribution in [1.82, 2.24) is 0 Å². The van der Waals surface area contributed by atoms with Crippen molar-refractivity contribution < 1.29 is 0 Å². The van der Waals surface area contributed by atoms with E-state index in [1.165, 1.54) is 98.4 Å². The minimum absolute atomic E-state index is 1.05. The maximum atomic E-state index is 3.86. The molecule has 2 heteroatoms. The molecule has 0 bridgehead atoms. The number of hydrogen-bond acceptors (Lipinski definition) is 0. The summed E-state index contributed by atoms with van der Waals surface area (Å²) >= 11 is 7.72. The van der Waals surface area contributed by atoms with Gasteiger partial charge in [0.25, 0.3) is 0 Å². The lowest BCUT2D eigenvalue weighted by Crippen LogP contribution is -1.94. The molecule has 10 rings (SSSR count). The van der Waals surface area contributed by atoms with Crippen molar-refractivity contribution in [2.45, 2.75) is 0 Å². The summed E-state index contributed by atoms with van der Waals surface area (Å²) in [5.41, 5.74) is 10.3. The molecule has 1 aliphatic rings. The molecule has 204 valence electrons. The standard InChI is InChI=1S/C42H22Br2/c43-34-21-32-33(22-35(34)44)38(25-11-5-2-6-12-25)42-31-20-18-29-27-16-8-14-23-13-7-15-26(36(23)27)28-17-19-30(40(31)39(28)29)41(42)37(32)24-9-3-1-4-10-24/h1-22H. The zero-order valence-corrected chi connectivity index (χ0v) is 26.6. The predicted octanol–water partition coefficient (Wildman–Crippen LogP) is 13.4. The zero-order valence-electron chi connectivity index (χ0n) is 23.5. The highest BCUT2D eigenvalue weighted by Crippen LogP contribution is 2.60. The van der Waals surface area contributed by atoms with E-state index in [4.69, 9.17) is 0 Å². The van der Waals surface area contributed by atoms with Gasteiger partial charge in [-0.2, -0.15) is 0 Å². The number of halogens is 2. The third kappa shape index (κ3) is 3.17. The highest BCUT2D eigenvalue weighted by atomic mass is 79.9. The van der Waals surface area contributed by atoms with Gasteiger partial charge in [-0.1, -0.05) is 121 Å². The van der Waals surface area contributed by atoms with Gasteiger partial charge in [0.15, 0.2) is 0 Å². The maximum Gasteiger partial charge on any atom is 0.0324 e. The van der Waals surface area contributed by atoms with Crippen LogP contribution in [0.15, 0.2) is 142 Å². The molecule has 0 radical (unpaired) electrons. The van der Waals surface area contributed by atoms with Crippen LogP contribution >= 0.6 is 31.9 Å². The van der Waals surface area contributed by atoms with Crippen LogP contribution in [0.4, 0.5) is 0 Å². The maximum absolute atomic E-state index is 3.86. The molecule has 0 fully saturated rings. The fourth-order valence-corrected chi connectivity index (χ4v) is 8.67. The van der Waals surface area contributed by atoms with Gasteiger partial charge in [0.1, 0.15) is 0 Å². The highest BCUT2D eigenvalue weighted by Gasteiger charge is 2.32. The molecule has 0 spiro atoms. The van der Waals surface area contributed by atoms with Gasteiger partial charge >= 0.3 is 0 Å². The van der Waals surface area contributed by atoms with Crippen molar-refractivity contribution in [3.05, 3.63) is 142 Å². The van der Waals surface area contributed by atoms with E-state index in [0.717, 1.165) is 8.95 Å². The van der Waals surface area contributed by atoms with E-state index in [1.54, 1.807) is 0 Å². The lowest BCUT2D eigenvalue weighted by atomic mass is 9.82. The SMILES string of the molecule is Brc1cc2c(-c3ccccc3)c3c(c(-c4ccccc4)c2cc1Br)-c1ccc2c4cccc5cccc(c6ccc-3c1c62)c54. The molecular formula is C42H22Br2. The second-order valence-electron chi connectivity index (χ2n) is 11.8. The first kappa shape index (κ1) is 24.9. The van der Waals surface area contributed by atoms with Crippen LogP contribution in [-0.4, -0.2) is 0 Å². The minimum Gasteiger partial charge on any atom is -0.0622 e. The zero-order chi connectivity index (χ0) is 29.1. The average Bonchev–Trinajstić information content (AvgIpc) is 3.40. The van der Waals surface area contributed by atoms with Crippen LogP contribution in [0.5, 0.6) is 0 Å². The fraction of sp³-hybridized carbons (Fsp3) is 0. The Balaban J connectivity index is 1.48. The molecule has 0 aromatic heterocycles. The second kappa shape index (κ2) is 9.01. The number of rotatable bonds is 2. The van der Waals surface area contributed by atoms with E-state index in [9.17, 15) is 0 Å². The molecule has 0 heterocycles. The molecule has 0 aliphatic heterocycles. The molecule has 0 atom stereocenters. The van der Waals surface area contributed by atoms with Crippen molar-refractivity contribution in [3.8, 4) is 44.5 Å². The summed E-state index contributed by atoms with van der Waals surface area (Å²) in [6.07, 6.45) is 0. The van der Waals surface area contributed by atoms with E-state index >= 15 is 0 Å². The van der Waals surface area contributed by atoms with E-state index < -0.39 is 0 Å². The molecular weight excluding hydrogens is 664 g/mol. The first-order valence-corrected chi connectivity index (χ1v) is 16.5. The van der Waals surface area contributed by atoms with Crippen LogP contribution in [-0.2, 0) is 0 Å². The van der Waals surface area contributed by atoms with Crippen LogP contribution in [0.1, 0.15) is 0 Å². The molecule has 0 saturated heterocycles. The second-order valence-corrected chi connectivity index (χ2v) is 13.5. The van der Waals surface area contributed by atoms with Crippen LogP contribution in [0, 0.1) is 0 Å². The molecule has 1 aliphatic carbocycles. The topological polar surface area (TPSA) is 0 Å². The Labute approximate surface area is 271 Å². The summed E-state index contributed by atoms with van der Waals surface area (Å²) in [4.78, 5) is 0. The predicted molar refractivity (Wildman–Crippen MR) is 196 cm³/mol. The van der Waals surface area contributed by atoms with E-state index in [-0.39, 0.29) is 0 Å². The van der Waals surface area contributed by atoms with Gasteiger partial charge < -0.3 is 0 Å². The third-order valence-electron chi connectivity index (χ3n) is 9.66. The molecule has 9 aromatic carbocycles. The average molecular weight is 686 g/mol. The van der Waals surface area contributed by atoms with E-state index in [2.05, 4.69) is 165 Å². The number of benzene rings is 9. The number of fused-ring (bicyclic) bond motifs is 6. The minimum atomic E-state index is 1.05. The number of hydrogen-bond donors (Lipinski definition) is 0. The molecule has 0 saturated carbocycles. The van der Waals surface area contributed by atoms with Gasteiger partial charge in [0.2, 0.25) is 0 Å². The van der Waals surface area contributed by atoms with E-state index in [1.807, 2.05) is 0 Å². The Morgan fingerprint density at radius 3 is 1.25 bits per heavy atom. The normalized spacial score (nSPS) is 12.3. The Hall–Kier alpha value is -4.50. The summed E-state index contributed by atoms with van der Waals surface area (Å²) < 4.78 is 2.11. The van der Waals surface area contributed by atoms with Crippen LogP contribution in [0.2, 0.25) is 0 Å². The first-order chi connectivity index (χ1) is 21.7. The Bertz CT molecular complexity index is 2480. The van der Waals surface area contributed by atoms with E-state index in [0.29, 0.717) is 0 Å². The third-order valence-corrected chi connectivity index (χ3v) is 11.5. The van der Waals surface area contributed by atoms with Gasteiger partial charge in [0, 0.05) is 8.95 Å². The van der Waals surface area contributed by atoms with Crippen molar-refractivity contribution in [3.63, 3.8) is 0 Å². The highest BCUT2D eigenvalue weighted by molar-refractivity contribution is 9.13. The lowest BCUT2D eigenvalue weighted by Gasteiger charge is -2.21. The summed E-state index contributed by atoms with van der Waals surface area (Å²) in [5, 5.41) is 13.2. The summed E-state index contributed by atoms with van der Waals surface area (Å²) in [7, 11) is 0. The van der Waals surface area contributed by atoms with Crippen LogP contribution in [0.25, 0.3) is 98.4 Å². The fourth-order valence-electron chi connectivity index (χ4n) is 7.98. The molecule has 0 nitrogen and oxygen atoms in total. The van der Waals surface area contributed by atoms with Crippen molar-refractivity contribution >= 4 is 85.7 Å². The molecule has 0 amide bonds. The van der Waals surface area contributed by atoms with Crippen molar-refractivity contribution in [1.29, 1.82) is 0 Å². The Morgan fingerprint density at radius 1 is 0.318 bits per heavy atom. The van der Waals surface area contributed by atoms with Crippen molar-refractivity contribution in [2.75, 3.05) is 0 Å². The van der Waals surface area contributed by atoms with Gasteiger partial charge in [-0.25, -0.2) is 0 Å². The van der Waals surface area contributed by atoms with Gasteiger partial charge in [0.05, 0.1) is 0 Å². The first-order valence-electron chi connectivity index (χ1n) is 14.9. The molecule has 44 heavy (non-hydrogen) atoms. The van der Waals surface area contributed by atoms with Crippen molar-refractivity contribution in [2.24, 2.45) is 0 Å². The molecule has 9 aromatic rings. The van der Waals surface area contributed by atoms with Gasteiger partial charge in [-0.15, -0.1) is 0 Å². The smallest absolute Gasteiger partial charge is 0.0324 e. The Kier molecular flexibility index (Phi) is 5.10. The van der Waals surface area contributed by atoms with Gasteiger partial charge in [-0.05, 0) is 142 Å². The largest absolute Gasteiger partial charge is 0.0622 e. The van der Waals surface area contributed by atoms with Crippen LogP contribution in [0.3, 0.4) is 0 Å². The summed E-state index contributed by atoms with van der Waals surface area (Å²) in [6.45, 7) is 0. The molecule has 0 unspecified atom stereocenters. The lowest BCUT2D eigenvalue weighted by molar-refractivity contribution is 1.60. The van der Waals surface area contributed by atoms with Gasteiger partial charge in [-0.3, -0.25) is 0 Å². The summed E-state index contributed by atoms with van der Waals surface area (Å²) in [5.74, 6) is 0. The monoisotopic (exact) mass is 684 g/mol. The Morgan fingerprint density at radius 2 is 0.773 bits per heavy atom. The summed E-state index contributed by atoms with van der Waals surface area (Å²) in [6, 6.07) is 49.5. The quantitative estimate of drug-likeness (QED) is 0.125. The van der Waals surface area contributed by atoms with Crippen LogP contribution < -0.4 is 0 Å². The molecule has 0 N–H and O–H groups in total.